The molecule has 5 nitrogen and oxygen atoms in total. The Labute approximate surface area is 124 Å². The molecule has 0 aromatic carbocycles. The van der Waals surface area contributed by atoms with Gasteiger partial charge in [0.2, 0.25) is 0 Å². The van der Waals surface area contributed by atoms with Gasteiger partial charge in [-0.15, -0.1) is 0 Å². The van der Waals surface area contributed by atoms with E-state index < -0.39 is 0 Å². The number of rotatable bonds is 11. The van der Waals surface area contributed by atoms with E-state index in [2.05, 4.69) is 41.5 Å². The molecule has 1 saturated carbocycles. The monoisotopic (exact) mass is 284 g/mol. The number of ether oxygens (including phenoxy) is 1. The molecule has 0 aliphatic heterocycles. The van der Waals surface area contributed by atoms with Crippen molar-refractivity contribution in [3.63, 3.8) is 0 Å². The zero-order valence-electron chi connectivity index (χ0n) is 13.5. The molecule has 1 aliphatic carbocycles. The van der Waals surface area contributed by atoms with Crippen LogP contribution in [0.5, 0.6) is 0 Å². The van der Waals surface area contributed by atoms with Gasteiger partial charge < -0.3 is 20.3 Å². The Morgan fingerprint density at radius 1 is 1.25 bits per heavy atom. The van der Waals surface area contributed by atoms with E-state index in [1.54, 1.807) is 0 Å². The van der Waals surface area contributed by atoms with E-state index in [1.165, 1.54) is 12.8 Å². The summed E-state index contributed by atoms with van der Waals surface area (Å²) in [6, 6.07) is 0. The van der Waals surface area contributed by atoms with Crippen LogP contribution in [0.15, 0.2) is 4.99 Å². The first-order chi connectivity index (χ1) is 9.72. The van der Waals surface area contributed by atoms with Crippen molar-refractivity contribution in [2.45, 2.75) is 32.6 Å². The van der Waals surface area contributed by atoms with E-state index in [1.807, 2.05) is 0 Å². The minimum atomic E-state index is 0.827. The van der Waals surface area contributed by atoms with Gasteiger partial charge in [0.25, 0.3) is 0 Å². The van der Waals surface area contributed by atoms with E-state index in [-0.39, 0.29) is 0 Å². The fourth-order valence-electron chi connectivity index (χ4n) is 1.84. The molecule has 20 heavy (non-hydrogen) atoms. The van der Waals surface area contributed by atoms with E-state index in [0.717, 1.165) is 64.1 Å². The van der Waals surface area contributed by atoms with Gasteiger partial charge in [0.05, 0.1) is 0 Å². The highest BCUT2D eigenvalue weighted by Gasteiger charge is 2.20. The molecule has 2 N–H and O–H groups in total. The number of nitrogens with one attached hydrogen (secondary N) is 2. The summed E-state index contributed by atoms with van der Waals surface area (Å²) in [5.41, 5.74) is 0. The maximum atomic E-state index is 5.61. The number of nitrogens with zero attached hydrogens (tertiary/aromatic N) is 2. The Kier molecular flexibility index (Phi) is 9.41. The van der Waals surface area contributed by atoms with E-state index in [9.17, 15) is 0 Å². The molecule has 0 aromatic rings. The lowest BCUT2D eigenvalue weighted by molar-refractivity contribution is 0.123. The van der Waals surface area contributed by atoms with Gasteiger partial charge in [0, 0.05) is 32.8 Å². The highest BCUT2D eigenvalue weighted by Crippen LogP contribution is 2.28. The van der Waals surface area contributed by atoms with Crippen LogP contribution in [0.4, 0.5) is 0 Å². The minimum absolute atomic E-state index is 0.827. The summed E-state index contributed by atoms with van der Waals surface area (Å²) in [6.45, 7) is 7.66. The Hall–Kier alpha value is -0.810. The molecule has 1 aliphatic rings. The summed E-state index contributed by atoms with van der Waals surface area (Å²) in [7, 11) is 4.20. The second kappa shape index (κ2) is 10.9. The van der Waals surface area contributed by atoms with Crippen LogP contribution < -0.4 is 10.6 Å². The maximum absolute atomic E-state index is 5.61. The largest absolute Gasteiger partial charge is 0.381 e. The summed E-state index contributed by atoms with van der Waals surface area (Å²) >= 11 is 0. The van der Waals surface area contributed by atoms with Gasteiger partial charge in [-0.25, -0.2) is 0 Å². The smallest absolute Gasteiger partial charge is 0.191 e. The molecular formula is C15H32N4O. The average molecular weight is 284 g/mol. The van der Waals surface area contributed by atoms with Crippen LogP contribution in [0.2, 0.25) is 0 Å². The summed E-state index contributed by atoms with van der Waals surface area (Å²) < 4.78 is 5.61. The number of aliphatic imine (C=N–C) groups is 1. The van der Waals surface area contributed by atoms with Crippen molar-refractivity contribution >= 4 is 5.96 Å². The summed E-state index contributed by atoms with van der Waals surface area (Å²) in [4.78, 5) is 6.76. The molecular weight excluding hydrogens is 252 g/mol. The van der Waals surface area contributed by atoms with Gasteiger partial charge in [-0.3, -0.25) is 4.99 Å². The third-order valence-electron chi connectivity index (χ3n) is 3.19. The molecule has 0 saturated heterocycles. The summed E-state index contributed by atoms with van der Waals surface area (Å²) in [5, 5.41) is 6.64. The predicted octanol–water partition coefficient (Wildman–Crippen LogP) is 1.31. The fourth-order valence-corrected chi connectivity index (χ4v) is 1.84. The first kappa shape index (κ1) is 17.2. The van der Waals surface area contributed by atoms with Crippen LogP contribution in [0.25, 0.3) is 0 Å². The standard InChI is InChI=1S/C15H32N4O/c1-4-16-15(17-9-5-11-19(2)3)18-10-6-12-20-13-14-7-8-14/h14H,4-13H2,1-3H3,(H2,16,17,18). The lowest BCUT2D eigenvalue weighted by Gasteiger charge is -2.13. The Morgan fingerprint density at radius 2 is 2.05 bits per heavy atom. The molecule has 1 fully saturated rings. The lowest BCUT2D eigenvalue weighted by Crippen LogP contribution is -2.38. The van der Waals surface area contributed by atoms with Crippen LogP contribution in [0, 0.1) is 5.92 Å². The Bertz CT molecular complexity index is 265. The third kappa shape index (κ3) is 10.0. The van der Waals surface area contributed by atoms with Crippen LogP contribution in [-0.2, 0) is 4.74 Å². The van der Waals surface area contributed by atoms with E-state index in [4.69, 9.17) is 4.74 Å². The van der Waals surface area contributed by atoms with Crippen molar-refractivity contribution in [3.8, 4) is 0 Å². The maximum Gasteiger partial charge on any atom is 0.191 e. The van der Waals surface area contributed by atoms with Gasteiger partial charge in [-0.1, -0.05) is 0 Å². The number of guanidine groups is 1. The van der Waals surface area contributed by atoms with Crippen LogP contribution >= 0.6 is 0 Å². The second-order valence-corrected chi connectivity index (χ2v) is 5.72. The van der Waals surface area contributed by atoms with Crippen LogP contribution in [0.3, 0.4) is 0 Å². The number of hydrogen-bond acceptors (Lipinski definition) is 3. The van der Waals surface area contributed by atoms with Crippen molar-refractivity contribution in [2.24, 2.45) is 10.9 Å². The van der Waals surface area contributed by atoms with Gasteiger partial charge >= 0.3 is 0 Å². The SMILES string of the molecule is CCNC(=NCCCOCC1CC1)NCCCN(C)C. The highest BCUT2D eigenvalue weighted by atomic mass is 16.5. The quantitative estimate of drug-likeness (QED) is 0.341. The molecule has 0 amide bonds. The summed E-state index contributed by atoms with van der Waals surface area (Å²) in [6.07, 6.45) is 4.85. The fraction of sp³-hybridized carbons (Fsp3) is 0.933. The summed E-state index contributed by atoms with van der Waals surface area (Å²) in [5.74, 6) is 1.78. The zero-order valence-corrected chi connectivity index (χ0v) is 13.5. The van der Waals surface area contributed by atoms with Crippen LogP contribution in [-0.4, -0.2) is 64.3 Å². The van der Waals surface area contributed by atoms with Gasteiger partial charge in [0.1, 0.15) is 0 Å². The first-order valence-corrected chi connectivity index (χ1v) is 7.97. The first-order valence-electron chi connectivity index (χ1n) is 7.97. The highest BCUT2D eigenvalue weighted by molar-refractivity contribution is 5.79. The molecule has 0 spiro atoms. The molecule has 0 radical (unpaired) electrons. The second-order valence-electron chi connectivity index (χ2n) is 5.72. The molecule has 0 atom stereocenters. The molecule has 1 rings (SSSR count). The van der Waals surface area contributed by atoms with Crippen molar-refractivity contribution in [1.82, 2.24) is 15.5 Å². The Balaban J connectivity index is 2.03. The molecule has 0 heterocycles. The van der Waals surface area contributed by atoms with E-state index >= 15 is 0 Å². The third-order valence-corrected chi connectivity index (χ3v) is 3.19. The molecule has 0 bridgehead atoms. The minimum Gasteiger partial charge on any atom is -0.381 e. The normalized spacial score (nSPS) is 15.7. The average Bonchev–Trinajstić information content (AvgIpc) is 3.22. The van der Waals surface area contributed by atoms with Crippen molar-refractivity contribution in [2.75, 3.05) is 53.5 Å². The van der Waals surface area contributed by atoms with Gasteiger partial charge in [0.15, 0.2) is 5.96 Å². The van der Waals surface area contributed by atoms with Gasteiger partial charge in [-0.2, -0.15) is 0 Å². The van der Waals surface area contributed by atoms with Crippen molar-refractivity contribution in [3.05, 3.63) is 0 Å². The number of hydrogen-bond donors (Lipinski definition) is 2. The van der Waals surface area contributed by atoms with Gasteiger partial charge in [-0.05, 0) is 59.2 Å². The van der Waals surface area contributed by atoms with Crippen LogP contribution in [0.1, 0.15) is 32.6 Å². The topological polar surface area (TPSA) is 48.9 Å². The van der Waals surface area contributed by atoms with Crippen molar-refractivity contribution < 1.29 is 4.74 Å². The zero-order chi connectivity index (χ0) is 14.6. The molecule has 0 unspecified atom stereocenters. The van der Waals surface area contributed by atoms with Crippen molar-refractivity contribution in [1.29, 1.82) is 0 Å². The molecule has 0 aromatic heterocycles. The molecule has 5 heteroatoms. The Morgan fingerprint density at radius 3 is 2.70 bits per heavy atom. The lowest BCUT2D eigenvalue weighted by atomic mass is 10.4. The molecule has 118 valence electrons. The van der Waals surface area contributed by atoms with E-state index in [0.29, 0.717) is 0 Å². The predicted molar refractivity (Wildman–Crippen MR) is 85.3 cm³/mol.